The molecule has 0 aliphatic heterocycles. The van der Waals surface area contributed by atoms with E-state index in [9.17, 15) is 0 Å². The third kappa shape index (κ3) is 2.95. The van der Waals surface area contributed by atoms with Crippen molar-refractivity contribution in [3.63, 3.8) is 0 Å². The molecule has 0 radical (unpaired) electrons. The van der Waals surface area contributed by atoms with Crippen molar-refractivity contribution < 1.29 is 9.53 Å². The lowest BCUT2D eigenvalue weighted by Gasteiger charge is -2.22. The van der Waals surface area contributed by atoms with Gasteiger partial charge in [-0.15, -0.1) is 0 Å². The molecule has 13 heavy (non-hydrogen) atoms. The normalized spacial score (nSPS) is 11.6. The fraction of sp³-hybridized carbons (Fsp3) is 0.400. The average molecular weight is 196 g/mol. The molecular weight excluding hydrogens is 180 g/mol. The molecule has 1 rings (SSSR count). The highest BCUT2D eigenvalue weighted by molar-refractivity contribution is 6.84. The van der Waals surface area contributed by atoms with Crippen LogP contribution in [-0.2, 0) is 4.43 Å². The van der Waals surface area contributed by atoms with Gasteiger partial charge in [-0.1, -0.05) is 30.3 Å². The number of aliphatic hydroxyl groups is 1. The van der Waals surface area contributed by atoms with E-state index in [1.807, 2.05) is 18.2 Å². The van der Waals surface area contributed by atoms with Crippen LogP contribution in [0.4, 0.5) is 0 Å². The summed E-state index contributed by atoms with van der Waals surface area (Å²) in [5, 5.41) is 9.94. The first kappa shape index (κ1) is 10.4. The molecular formula is C10H16O2Si. The topological polar surface area (TPSA) is 29.5 Å². The zero-order chi connectivity index (χ0) is 9.73. The van der Waals surface area contributed by atoms with Gasteiger partial charge in [0.15, 0.2) is 0 Å². The maximum absolute atomic E-state index is 8.67. The maximum atomic E-state index is 8.67. The molecule has 2 nitrogen and oxygen atoms in total. The Hall–Kier alpha value is -0.643. The number of rotatable bonds is 4. The van der Waals surface area contributed by atoms with Gasteiger partial charge < -0.3 is 9.53 Å². The van der Waals surface area contributed by atoms with Crippen LogP contribution in [-0.4, -0.2) is 26.6 Å². The summed E-state index contributed by atoms with van der Waals surface area (Å²) in [5.41, 5.74) is 0. The number of hydrogen-bond donors (Lipinski definition) is 1. The first-order valence-electron chi connectivity index (χ1n) is 4.47. The zero-order valence-electron chi connectivity index (χ0n) is 8.16. The van der Waals surface area contributed by atoms with E-state index in [4.69, 9.17) is 9.53 Å². The molecule has 0 saturated carbocycles. The van der Waals surface area contributed by atoms with Crippen molar-refractivity contribution in [1.82, 2.24) is 0 Å². The quantitative estimate of drug-likeness (QED) is 0.731. The first-order valence-corrected chi connectivity index (χ1v) is 7.38. The Balaban J connectivity index is 2.69. The minimum Gasteiger partial charge on any atom is -0.411 e. The lowest BCUT2D eigenvalue weighted by Crippen LogP contribution is -2.45. The van der Waals surface area contributed by atoms with Crippen LogP contribution in [0, 0.1) is 0 Å². The van der Waals surface area contributed by atoms with Crippen LogP contribution in [0.3, 0.4) is 0 Å². The standard InChI is InChI=1S/C10H16O2Si/c1-13(2,12-9-8-11)10-6-4-3-5-7-10/h3-7,11H,8-9H2,1-2H3. The Labute approximate surface area is 80.3 Å². The molecule has 1 aromatic carbocycles. The van der Waals surface area contributed by atoms with Crippen LogP contribution >= 0.6 is 0 Å². The predicted octanol–water partition coefficient (Wildman–Crippen LogP) is 1.11. The molecule has 0 bridgehead atoms. The fourth-order valence-corrected chi connectivity index (χ4v) is 2.99. The minimum atomic E-state index is -1.76. The van der Waals surface area contributed by atoms with Crippen LogP contribution in [0.2, 0.25) is 13.1 Å². The van der Waals surface area contributed by atoms with Crippen molar-refractivity contribution in [2.45, 2.75) is 13.1 Å². The molecule has 0 aliphatic carbocycles. The molecule has 0 atom stereocenters. The molecule has 0 fully saturated rings. The third-order valence-corrected chi connectivity index (χ3v) is 4.67. The number of aliphatic hydroxyl groups excluding tert-OH is 1. The van der Waals surface area contributed by atoms with E-state index in [1.54, 1.807) is 0 Å². The van der Waals surface area contributed by atoms with Gasteiger partial charge in [-0.05, 0) is 18.3 Å². The lowest BCUT2D eigenvalue weighted by molar-refractivity contribution is 0.199. The highest BCUT2D eigenvalue weighted by atomic mass is 28.4. The third-order valence-electron chi connectivity index (χ3n) is 2.02. The van der Waals surface area contributed by atoms with Crippen LogP contribution in [0.15, 0.2) is 30.3 Å². The highest BCUT2D eigenvalue weighted by Gasteiger charge is 2.24. The van der Waals surface area contributed by atoms with E-state index in [-0.39, 0.29) is 6.61 Å². The summed E-state index contributed by atoms with van der Waals surface area (Å²) in [6.45, 7) is 4.81. The Bertz CT molecular complexity index is 246. The fourth-order valence-electron chi connectivity index (χ4n) is 1.22. The van der Waals surface area contributed by atoms with Crippen LogP contribution in [0.1, 0.15) is 0 Å². The van der Waals surface area contributed by atoms with E-state index < -0.39 is 8.32 Å². The molecule has 3 heteroatoms. The van der Waals surface area contributed by atoms with E-state index in [0.29, 0.717) is 6.61 Å². The minimum absolute atomic E-state index is 0.100. The summed E-state index contributed by atoms with van der Waals surface area (Å²) in [5.74, 6) is 0. The molecule has 1 aromatic rings. The second-order valence-electron chi connectivity index (χ2n) is 3.45. The molecule has 0 heterocycles. The van der Waals surface area contributed by atoms with E-state index in [2.05, 4.69) is 25.2 Å². The molecule has 0 saturated heterocycles. The number of hydrogen-bond acceptors (Lipinski definition) is 2. The van der Waals surface area contributed by atoms with E-state index >= 15 is 0 Å². The van der Waals surface area contributed by atoms with Gasteiger partial charge in [0.25, 0.3) is 0 Å². The van der Waals surface area contributed by atoms with Crippen LogP contribution in [0.25, 0.3) is 0 Å². The molecule has 1 N–H and O–H groups in total. The summed E-state index contributed by atoms with van der Waals surface area (Å²) < 4.78 is 5.65. The predicted molar refractivity (Wildman–Crippen MR) is 56.6 cm³/mol. The average Bonchev–Trinajstić information content (AvgIpc) is 2.16. The van der Waals surface area contributed by atoms with Crippen molar-refractivity contribution in [3.8, 4) is 0 Å². The van der Waals surface area contributed by atoms with Gasteiger partial charge in [-0.3, -0.25) is 0 Å². The molecule has 0 aliphatic rings. The summed E-state index contributed by atoms with van der Waals surface area (Å²) in [6.07, 6.45) is 0. The van der Waals surface area contributed by atoms with Gasteiger partial charge in [-0.2, -0.15) is 0 Å². The first-order chi connectivity index (χ1) is 6.17. The van der Waals surface area contributed by atoms with E-state index in [1.165, 1.54) is 5.19 Å². The van der Waals surface area contributed by atoms with Gasteiger partial charge in [0.05, 0.1) is 13.2 Å². The van der Waals surface area contributed by atoms with Crippen LogP contribution < -0.4 is 5.19 Å². The second kappa shape index (κ2) is 4.55. The highest BCUT2D eigenvalue weighted by Crippen LogP contribution is 2.04. The van der Waals surface area contributed by atoms with Crippen molar-refractivity contribution >= 4 is 13.5 Å². The molecule has 0 aromatic heterocycles. The monoisotopic (exact) mass is 196 g/mol. The number of benzene rings is 1. The largest absolute Gasteiger partial charge is 0.411 e. The molecule has 0 amide bonds. The van der Waals surface area contributed by atoms with Gasteiger partial charge in [0, 0.05) is 0 Å². The Morgan fingerprint density at radius 3 is 2.38 bits per heavy atom. The summed E-state index contributed by atoms with van der Waals surface area (Å²) >= 11 is 0. The maximum Gasteiger partial charge on any atom is 0.218 e. The Morgan fingerprint density at radius 2 is 1.85 bits per heavy atom. The molecule has 0 unspecified atom stereocenters. The summed E-state index contributed by atoms with van der Waals surface area (Å²) in [7, 11) is -1.76. The molecule has 0 spiro atoms. The van der Waals surface area contributed by atoms with Gasteiger partial charge >= 0.3 is 0 Å². The van der Waals surface area contributed by atoms with E-state index in [0.717, 1.165) is 0 Å². The van der Waals surface area contributed by atoms with Crippen LogP contribution in [0.5, 0.6) is 0 Å². The Morgan fingerprint density at radius 1 is 1.23 bits per heavy atom. The zero-order valence-corrected chi connectivity index (χ0v) is 9.16. The molecule has 72 valence electrons. The van der Waals surface area contributed by atoms with Gasteiger partial charge in [-0.25, -0.2) is 0 Å². The summed E-state index contributed by atoms with van der Waals surface area (Å²) in [6, 6.07) is 10.2. The second-order valence-corrected chi connectivity index (χ2v) is 7.34. The van der Waals surface area contributed by atoms with Crippen molar-refractivity contribution in [3.05, 3.63) is 30.3 Å². The van der Waals surface area contributed by atoms with Crippen molar-refractivity contribution in [2.24, 2.45) is 0 Å². The lowest BCUT2D eigenvalue weighted by atomic mass is 10.4. The van der Waals surface area contributed by atoms with Gasteiger partial charge in [0.2, 0.25) is 8.32 Å². The smallest absolute Gasteiger partial charge is 0.218 e. The summed E-state index contributed by atoms with van der Waals surface area (Å²) in [4.78, 5) is 0. The van der Waals surface area contributed by atoms with Crippen molar-refractivity contribution in [1.29, 1.82) is 0 Å². The SMILES string of the molecule is C[Si](C)(OCCO)c1ccccc1. The van der Waals surface area contributed by atoms with Crippen molar-refractivity contribution in [2.75, 3.05) is 13.2 Å². The van der Waals surface area contributed by atoms with Gasteiger partial charge in [0.1, 0.15) is 0 Å². The Kier molecular flexibility index (Phi) is 3.66.